The second-order valence-electron chi connectivity index (χ2n) is 7.45. The number of amides is 2. The molecule has 2 aromatic rings. The number of ether oxygens (including phenoxy) is 1. The number of likely N-dealkylation sites (tertiary alicyclic amines) is 1. The Balaban J connectivity index is 1.55. The van der Waals surface area contributed by atoms with E-state index in [2.05, 4.69) is 0 Å². The molecule has 1 unspecified atom stereocenters. The molecule has 1 atom stereocenters. The number of nitrogens with one attached hydrogen (secondary N) is 2. The van der Waals surface area contributed by atoms with Crippen molar-refractivity contribution in [2.45, 2.75) is 19.1 Å². The minimum absolute atomic E-state index is 0.0948. The number of hydrazine groups is 1. The van der Waals surface area contributed by atoms with Gasteiger partial charge in [0.2, 0.25) is 0 Å². The molecule has 0 aromatic heterocycles. The van der Waals surface area contributed by atoms with Crippen LogP contribution in [0.15, 0.2) is 54.6 Å². The van der Waals surface area contributed by atoms with Gasteiger partial charge in [-0.2, -0.15) is 18.4 Å². The Kier molecular flexibility index (Phi) is 7.00. The first kappa shape index (κ1) is 23.1. The lowest BCUT2D eigenvalue weighted by molar-refractivity contribution is -0.218. The highest BCUT2D eigenvalue weighted by molar-refractivity contribution is 5.87. The number of carbonyl (C=O) groups is 2. The van der Waals surface area contributed by atoms with Crippen LogP contribution < -0.4 is 15.6 Å². The zero-order chi connectivity index (χ0) is 23.2. The highest BCUT2D eigenvalue weighted by atomic mass is 19.4. The molecular weight excluding hydrogens is 425 g/mol. The Morgan fingerprint density at radius 2 is 1.78 bits per heavy atom. The number of halogens is 3. The van der Waals surface area contributed by atoms with Crippen molar-refractivity contribution >= 4 is 11.8 Å². The number of nitriles is 1. The summed E-state index contributed by atoms with van der Waals surface area (Å²) >= 11 is 0. The lowest BCUT2D eigenvalue weighted by Crippen LogP contribution is -2.57. The highest BCUT2D eigenvalue weighted by Gasteiger charge is 2.63. The molecule has 7 nitrogen and oxygen atoms in total. The Morgan fingerprint density at radius 3 is 2.41 bits per heavy atom. The summed E-state index contributed by atoms with van der Waals surface area (Å²) in [6, 6.07) is 16.9. The summed E-state index contributed by atoms with van der Waals surface area (Å²) in [5.74, 6) is -1.84. The summed E-state index contributed by atoms with van der Waals surface area (Å²) in [6.45, 7) is -0.644. The molecule has 168 valence electrons. The monoisotopic (exact) mass is 446 g/mol. The fraction of sp³-hybridized carbons (Fsp3) is 0.318. The number of alkyl halides is 3. The summed E-state index contributed by atoms with van der Waals surface area (Å²) in [5, 5.41) is 8.75. The van der Waals surface area contributed by atoms with Gasteiger partial charge in [-0.25, -0.2) is 0 Å². The van der Waals surface area contributed by atoms with Crippen molar-refractivity contribution in [3.05, 3.63) is 65.7 Å². The van der Waals surface area contributed by atoms with Crippen molar-refractivity contribution in [1.82, 2.24) is 15.8 Å². The molecule has 1 saturated heterocycles. The SMILES string of the molecule is N#Cc1ccc(OCC(=O)NNC(=O)C2(C(F)(F)F)CCN(Cc3ccccc3)C2)cc1. The van der Waals surface area contributed by atoms with Gasteiger partial charge in [0.05, 0.1) is 11.6 Å². The first-order valence-electron chi connectivity index (χ1n) is 9.79. The Labute approximate surface area is 182 Å². The molecule has 2 N–H and O–H groups in total. The average molecular weight is 446 g/mol. The highest BCUT2D eigenvalue weighted by Crippen LogP contribution is 2.45. The fourth-order valence-electron chi connectivity index (χ4n) is 3.47. The van der Waals surface area contributed by atoms with Crippen molar-refractivity contribution in [3.63, 3.8) is 0 Å². The van der Waals surface area contributed by atoms with Gasteiger partial charge in [-0.1, -0.05) is 30.3 Å². The van der Waals surface area contributed by atoms with Crippen LogP contribution >= 0.6 is 0 Å². The van der Waals surface area contributed by atoms with E-state index in [9.17, 15) is 22.8 Å². The lowest BCUT2D eigenvalue weighted by Gasteiger charge is -2.30. The van der Waals surface area contributed by atoms with Gasteiger partial charge in [0.1, 0.15) is 5.75 Å². The topological polar surface area (TPSA) is 94.5 Å². The maximum atomic E-state index is 13.9. The Hall–Kier alpha value is -3.58. The van der Waals surface area contributed by atoms with E-state index in [1.54, 1.807) is 17.0 Å². The molecule has 32 heavy (non-hydrogen) atoms. The van der Waals surface area contributed by atoms with E-state index in [1.165, 1.54) is 24.3 Å². The van der Waals surface area contributed by atoms with Crippen molar-refractivity contribution in [2.24, 2.45) is 5.41 Å². The van der Waals surface area contributed by atoms with Crippen molar-refractivity contribution in [1.29, 1.82) is 5.26 Å². The Bertz CT molecular complexity index is 990. The quantitative estimate of drug-likeness (QED) is 0.666. The third kappa shape index (κ3) is 5.36. The van der Waals surface area contributed by atoms with Crippen LogP contribution in [0.5, 0.6) is 5.75 Å². The number of rotatable bonds is 6. The van der Waals surface area contributed by atoms with E-state index >= 15 is 0 Å². The van der Waals surface area contributed by atoms with Gasteiger partial charge >= 0.3 is 6.18 Å². The standard InChI is InChI=1S/C22H21F3N4O3/c23-22(24,25)21(10-11-29(15-21)13-17-4-2-1-3-5-17)20(31)28-27-19(30)14-32-18-8-6-16(12-26)7-9-18/h1-9H,10-11,13-15H2,(H,27,30)(H,28,31). The molecule has 2 aromatic carbocycles. The van der Waals surface area contributed by atoms with Gasteiger partial charge in [0, 0.05) is 13.1 Å². The van der Waals surface area contributed by atoms with E-state index in [1.807, 2.05) is 35.1 Å². The minimum Gasteiger partial charge on any atom is -0.484 e. The van der Waals surface area contributed by atoms with Crippen molar-refractivity contribution in [2.75, 3.05) is 19.7 Å². The smallest absolute Gasteiger partial charge is 0.404 e. The first-order chi connectivity index (χ1) is 15.2. The fourth-order valence-corrected chi connectivity index (χ4v) is 3.47. The number of benzene rings is 2. The molecule has 1 fully saturated rings. The third-order valence-corrected chi connectivity index (χ3v) is 5.24. The minimum atomic E-state index is -4.79. The number of nitrogens with zero attached hydrogens (tertiary/aromatic N) is 2. The zero-order valence-corrected chi connectivity index (χ0v) is 17.0. The van der Waals surface area contributed by atoms with Crippen LogP contribution in [0, 0.1) is 16.7 Å². The van der Waals surface area contributed by atoms with Crippen molar-refractivity contribution < 1.29 is 27.5 Å². The van der Waals surface area contributed by atoms with E-state index in [0.29, 0.717) is 11.3 Å². The molecule has 0 saturated carbocycles. The van der Waals surface area contributed by atoms with Gasteiger partial charge in [0.25, 0.3) is 11.8 Å². The molecule has 2 amide bonds. The lowest BCUT2D eigenvalue weighted by atomic mass is 9.85. The molecular formula is C22H21F3N4O3. The summed E-state index contributed by atoms with van der Waals surface area (Å²) in [5.41, 5.74) is 2.51. The predicted octanol–water partition coefficient (Wildman–Crippen LogP) is 2.54. The molecule has 1 aliphatic heterocycles. The van der Waals surface area contributed by atoms with E-state index in [0.717, 1.165) is 5.56 Å². The van der Waals surface area contributed by atoms with Gasteiger partial charge in [0.15, 0.2) is 12.0 Å². The summed E-state index contributed by atoms with van der Waals surface area (Å²) < 4.78 is 46.9. The first-order valence-corrected chi connectivity index (χ1v) is 9.79. The van der Waals surface area contributed by atoms with Crippen LogP contribution in [0.3, 0.4) is 0 Å². The molecule has 10 heteroatoms. The van der Waals surface area contributed by atoms with Crippen LogP contribution in [0.2, 0.25) is 0 Å². The summed E-state index contributed by atoms with van der Waals surface area (Å²) in [7, 11) is 0. The van der Waals surface area contributed by atoms with Gasteiger partial charge in [-0.05, 0) is 42.8 Å². The maximum absolute atomic E-state index is 13.9. The number of hydrogen-bond acceptors (Lipinski definition) is 5. The Morgan fingerprint density at radius 1 is 1.09 bits per heavy atom. The normalized spacial score (nSPS) is 18.6. The van der Waals surface area contributed by atoms with E-state index < -0.39 is 43.0 Å². The maximum Gasteiger partial charge on any atom is 0.404 e. The van der Waals surface area contributed by atoms with E-state index in [-0.39, 0.29) is 13.1 Å². The second kappa shape index (κ2) is 9.70. The molecule has 1 aliphatic rings. The van der Waals surface area contributed by atoms with Gasteiger partial charge in [-0.3, -0.25) is 25.3 Å². The molecule has 1 heterocycles. The number of carbonyl (C=O) groups excluding carboxylic acids is 2. The van der Waals surface area contributed by atoms with E-state index in [4.69, 9.17) is 10.00 Å². The summed E-state index contributed by atoms with van der Waals surface area (Å²) in [6.07, 6.45) is -5.20. The van der Waals surface area contributed by atoms with Crippen LogP contribution in [-0.4, -0.2) is 42.6 Å². The zero-order valence-electron chi connectivity index (χ0n) is 17.0. The molecule has 0 spiro atoms. The second-order valence-corrected chi connectivity index (χ2v) is 7.45. The predicted molar refractivity (Wildman–Crippen MR) is 108 cm³/mol. The summed E-state index contributed by atoms with van der Waals surface area (Å²) in [4.78, 5) is 26.0. The number of hydrogen-bond donors (Lipinski definition) is 2. The largest absolute Gasteiger partial charge is 0.484 e. The van der Waals surface area contributed by atoms with Crippen LogP contribution in [0.25, 0.3) is 0 Å². The van der Waals surface area contributed by atoms with Crippen LogP contribution in [0.4, 0.5) is 13.2 Å². The van der Waals surface area contributed by atoms with Crippen LogP contribution in [-0.2, 0) is 16.1 Å². The molecule has 0 radical (unpaired) electrons. The van der Waals surface area contributed by atoms with Crippen molar-refractivity contribution in [3.8, 4) is 11.8 Å². The molecule has 3 rings (SSSR count). The van der Waals surface area contributed by atoms with Crippen LogP contribution in [0.1, 0.15) is 17.5 Å². The average Bonchev–Trinajstić information content (AvgIpc) is 3.22. The molecule has 0 aliphatic carbocycles. The third-order valence-electron chi connectivity index (χ3n) is 5.24. The van der Waals surface area contributed by atoms with Gasteiger partial charge < -0.3 is 4.74 Å². The molecule has 0 bridgehead atoms. The van der Waals surface area contributed by atoms with Gasteiger partial charge in [-0.15, -0.1) is 0 Å².